The largest absolute Gasteiger partial charge is 0.381 e. The summed E-state index contributed by atoms with van der Waals surface area (Å²) in [6.45, 7) is 11.8. The average molecular weight is 184 g/mol. The van der Waals surface area contributed by atoms with Gasteiger partial charge in [0.05, 0.1) is 6.10 Å². The van der Waals surface area contributed by atoms with Crippen molar-refractivity contribution < 1.29 is 4.74 Å². The van der Waals surface area contributed by atoms with Crippen LogP contribution in [0.25, 0.3) is 0 Å². The molecule has 78 valence electrons. The van der Waals surface area contributed by atoms with E-state index in [1.165, 1.54) is 12.8 Å². The van der Waals surface area contributed by atoms with Crippen molar-refractivity contribution >= 4 is 0 Å². The smallest absolute Gasteiger partial charge is 0.0630 e. The zero-order valence-electron chi connectivity index (χ0n) is 9.98. The number of hydrogen-bond donors (Lipinski definition) is 0. The first kappa shape index (κ1) is 11.0. The molecule has 1 saturated carbocycles. The van der Waals surface area contributed by atoms with Crippen molar-refractivity contribution in [1.29, 1.82) is 0 Å². The Morgan fingerprint density at radius 2 is 1.69 bits per heavy atom. The van der Waals surface area contributed by atoms with Crippen LogP contribution in [0.2, 0.25) is 0 Å². The molecule has 1 rings (SSSR count). The van der Waals surface area contributed by atoms with E-state index in [0.29, 0.717) is 16.9 Å². The van der Waals surface area contributed by atoms with Gasteiger partial charge in [0.25, 0.3) is 0 Å². The van der Waals surface area contributed by atoms with E-state index >= 15 is 0 Å². The van der Waals surface area contributed by atoms with Gasteiger partial charge in [-0.15, -0.1) is 0 Å². The predicted octanol–water partition coefficient (Wildman–Crippen LogP) is 3.48. The summed E-state index contributed by atoms with van der Waals surface area (Å²) in [5.74, 6) is 0.812. The van der Waals surface area contributed by atoms with Crippen LogP contribution in [0.1, 0.15) is 47.5 Å². The Hall–Kier alpha value is -0.0400. The number of hydrogen-bond acceptors (Lipinski definition) is 1. The van der Waals surface area contributed by atoms with Crippen molar-refractivity contribution in [1.82, 2.24) is 0 Å². The third-order valence-corrected chi connectivity index (χ3v) is 4.76. The average Bonchev–Trinajstić information content (AvgIpc) is 2.20. The molecule has 1 aliphatic carbocycles. The van der Waals surface area contributed by atoms with E-state index in [2.05, 4.69) is 34.6 Å². The Balaban J connectivity index is 2.93. The van der Waals surface area contributed by atoms with Crippen molar-refractivity contribution in [3.8, 4) is 0 Å². The molecule has 1 aliphatic rings. The van der Waals surface area contributed by atoms with E-state index in [4.69, 9.17) is 4.74 Å². The summed E-state index contributed by atoms with van der Waals surface area (Å²) < 4.78 is 5.59. The van der Waals surface area contributed by atoms with E-state index < -0.39 is 0 Å². The second kappa shape index (κ2) is 3.27. The molecule has 1 fully saturated rings. The van der Waals surface area contributed by atoms with Crippen LogP contribution in [0.15, 0.2) is 0 Å². The lowest BCUT2D eigenvalue weighted by atomic mass is 9.66. The van der Waals surface area contributed by atoms with Crippen molar-refractivity contribution in [2.45, 2.75) is 53.6 Å². The van der Waals surface area contributed by atoms with Crippen LogP contribution in [0.3, 0.4) is 0 Å². The maximum atomic E-state index is 5.59. The van der Waals surface area contributed by atoms with Crippen LogP contribution in [-0.4, -0.2) is 13.2 Å². The van der Waals surface area contributed by atoms with Crippen LogP contribution in [-0.2, 0) is 4.74 Å². The topological polar surface area (TPSA) is 9.23 Å². The quantitative estimate of drug-likeness (QED) is 0.638. The Morgan fingerprint density at radius 3 is 1.92 bits per heavy atom. The van der Waals surface area contributed by atoms with Crippen molar-refractivity contribution in [2.24, 2.45) is 16.7 Å². The van der Waals surface area contributed by atoms with Gasteiger partial charge in [-0.3, -0.25) is 0 Å². The van der Waals surface area contributed by atoms with Gasteiger partial charge < -0.3 is 4.74 Å². The first-order chi connectivity index (χ1) is 5.87. The van der Waals surface area contributed by atoms with Gasteiger partial charge in [0, 0.05) is 7.11 Å². The molecule has 0 aliphatic heterocycles. The fourth-order valence-corrected chi connectivity index (χ4v) is 2.86. The zero-order valence-corrected chi connectivity index (χ0v) is 9.98. The van der Waals surface area contributed by atoms with E-state index in [1.807, 2.05) is 7.11 Å². The van der Waals surface area contributed by atoms with Gasteiger partial charge >= 0.3 is 0 Å². The molecule has 0 heterocycles. The number of rotatable bonds is 2. The van der Waals surface area contributed by atoms with Gasteiger partial charge in [-0.05, 0) is 23.2 Å². The molecule has 13 heavy (non-hydrogen) atoms. The third kappa shape index (κ3) is 1.41. The van der Waals surface area contributed by atoms with E-state index in [0.717, 1.165) is 5.92 Å². The maximum Gasteiger partial charge on any atom is 0.0630 e. The SMILES string of the molecule is CCC1CC(OC)C(C)(C)C1(C)C. The molecular formula is C12H24O. The summed E-state index contributed by atoms with van der Waals surface area (Å²) in [5.41, 5.74) is 0.713. The molecule has 0 amide bonds. The highest BCUT2D eigenvalue weighted by molar-refractivity contribution is 5.03. The Morgan fingerprint density at radius 1 is 1.15 bits per heavy atom. The summed E-state index contributed by atoms with van der Waals surface area (Å²) in [4.78, 5) is 0. The Labute approximate surface area is 82.9 Å². The molecule has 0 N–H and O–H groups in total. The fraction of sp³-hybridized carbons (Fsp3) is 1.00. The molecule has 2 unspecified atom stereocenters. The third-order valence-electron chi connectivity index (χ3n) is 4.76. The summed E-state index contributed by atoms with van der Waals surface area (Å²) in [6, 6.07) is 0. The summed E-state index contributed by atoms with van der Waals surface area (Å²) in [7, 11) is 1.85. The van der Waals surface area contributed by atoms with Gasteiger partial charge in [-0.25, -0.2) is 0 Å². The molecule has 0 bridgehead atoms. The molecule has 0 aromatic heterocycles. The van der Waals surface area contributed by atoms with E-state index in [9.17, 15) is 0 Å². The van der Waals surface area contributed by atoms with Gasteiger partial charge in [0.1, 0.15) is 0 Å². The first-order valence-corrected chi connectivity index (χ1v) is 5.40. The monoisotopic (exact) mass is 184 g/mol. The molecule has 0 radical (unpaired) electrons. The fourth-order valence-electron chi connectivity index (χ4n) is 2.86. The zero-order chi connectivity index (χ0) is 10.3. The summed E-state index contributed by atoms with van der Waals surface area (Å²) in [5, 5.41) is 0. The first-order valence-electron chi connectivity index (χ1n) is 5.40. The van der Waals surface area contributed by atoms with Crippen LogP contribution < -0.4 is 0 Å². The molecule has 0 aromatic rings. The Bertz CT molecular complexity index is 162. The molecule has 1 nitrogen and oxygen atoms in total. The lowest BCUT2D eigenvalue weighted by Crippen LogP contribution is -2.37. The predicted molar refractivity (Wildman–Crippen MR) is 56.8 cm³/mol. The number of ether oxygens (including phenoxy) is 1. The van der Waals surface area contributed by atoms with Gasteiger partial charge in [-0.2, -0.15) is 0 Å². The standard InChI is InChI=1S/C12H24O/c1-7-9-8-10(13-6)12(4,5)11(9,2)3/h9-10H,7-8H2,1-6H3. The van der Waals surface area contributed by atoms with Gasteiger partial charge in [0.15, 0.2) is 0 Å². The molecule has 0 aromatic carbocycles. The van der Waals surface area contributed by atoms with Crippen molar-refractivity contribution in [3.63, 3.8) is 0 Å². The molecule has 1 heteroatoms. The summed E-state index contributed by atoms with van der Waals surface area (Å²) in [6.07, 6.45) is 2.94. The molecule has 0 spiro atoms. The van der Waals surface area contributed by atoms with Gasteiger partial charge in [-0.1, -0.05) is 41.0 Å². The molecule has 2 atom stereocenters. The highest BCUT2D eigenvalue weighted by Crippen LogP contribution is 2.57. The number of methoxy groups -OCH3 is 1. The minimum absolute atomic E-state index is 0.308. The highest BCUT2D eigenvalue weighted by atomic mass is 16.5. The van der Waals surface area contributed by atoms with Crippen LogP contribution >= 0.6 is 0 Å². The van der Waals surface area contributed by atoms with Crippen LogP contribution in [0.4, 0.5) is 0 Å². The maximum absolute atomic E-state index is 5.59. The van der Waals surface area contributed by atoms with Crippen molar-refractivity contribution in [2.75, 3.05) is 7.11 Å². The lowest BCUT2D eigenvalue weighted by molar-refractivity contribution is -0.0155. The molecular weight excluding hydrogens is 160 g/mol. The Kier molecular flexibility index (Phi) is 2.78. The van der Waals surface area contributed by atoms with Crippen LogP contribution in [0.5, 0.6) is 0 Å². The highest BCUT2D eigenvalue weighted by Gasteiger charge is 2.53. The van der Waals surface area contributed by atoms with E-state index in [1.54, 1.807) is 0 Å². The van der Waals surface area contributed by atoms with Gasteiger partial charge in [0.2, 0.25) is 0 Å². The lowest BCUT2D eigenvalue weighted by Gasteiger charge is -2.40. The normalized spacial score (nSPS) is 36.5. The second-order valence-corrected chi connectivity index (χ2v) is 5.51. The van der Waals surface area contributed by atoms with E-state index in [-0.39, 0.29) is 0 Å². The minimum atomic E-state index is 0.308. The van der Waals surface area contributed by atoms with Crippen LogP contribution in [0, 0.1) is 16.7 Å². The van der Waals surface area contributed by atoms with Crippen molar-refractivity contribution in [3.05, 3.63) is 0 Å². The second-order valence-electron chi connectivity index (χ2n) is 5.51. The molecule has 0 saturated heterocycles. The minimum Gasteiger partial charge on any atom is -0.381 e. The summed E-state index contributed by atoms with van der Waals surface area (Å²) >= 11 is 0.